The van der Waals surface area contributed by atoms with Gasteiger partial charge in [-0.2, -0.15) is 0 Å². The van der Waals surface area contributed by atoms with Gasteiger partial charge in [0, 0.05) is 29.9 Å². The average Bonchev–Trinajstić information content (AvgIpc) is 3.05. The first-order valence-electron chi connectivity index (χ1n) is 10.2. The minimum atomic E-state index is -0.211. The van der Waals surface area contributed by atoms with Crippen molar-refractivity contribution in [2.24, 2.45) is 17.3 Å². The molecule has 1 aliphatic heterocycles. The van der Waals surface area contributed by atoms with Crippen molar-refractivity contribution >= 4 is 29.3 Å². The number of aromatic nitrogens is 1. The van der Waals surface area contributed by atoms with Crippen LogP contribution in [-0.4, -0.2) is 28.0 Å². The van der Waals surface area contributed by atoms with Gasteiger partial charge < -0.3 is 4.90 Å². The number of likely N-dealkylation sites (tertiary alicyclic amines) is 1. The highest BCUT2D eigenvalue weighted by Gasteiger charge is 2.49. The number of carbonyl (C=O) groups excluding carboxylic acids is 1. The molecule has 0 radical (unpaired) electrons. The first kappa shape index (κ1) is 20.0. The fraction of sp³-hybridized carbons (Fsp3) is 0.417. The first-order chi connectivity index (χ1) is 13.8. The maximum atomic E-state index is 13.7. The third-order valence-electron chi connectivity index (χ3n) is 6.79. The Morgan fingerprint density at radius 3 is 2.59 bits per heavy atom. The maximum Gasteiger partial charge on any atom is 0.271 e. The van der Waals surface area contributed by atoms with E-state index in [9.17, 15) is 9.59 Å². The standard InChI is InChI=1S/C24H27ClN2O2/c1-16-20-13-18(14-24(16,2)3)15-27(20)23(29)21(26-11-5-4-6-22(26)28)12-17-7-9-19(25)10-8-17/h4-12,16,18,20H,13-15H2,1-3H3. The second-order valence-corrected chi connectivity index (χ2v) is 9.53. The van der Waals surface area contributed by atoms with Crippen LogP contribution in [0.25, 0.3) is 11.8 Å². The molecule has 29 heavy (non-hydrogen) atoms. The topological polar surface area (TPSA) is 42.3 Å². The van der Waals surface area contributed by atoms with E-state index < -0.39 is 0 Å². The molecule has 2 aliphatic rings. The molecule has 1 aromatic heterocycles. The number of benzene rings is 1. The van der Waals surface area contributed by atoms with Crippen LogP contribution in [-0.2, 0) is 4.79 Å². The zero-order chi connectivity index (χ0) is 20.8. The van der Waals surface area contributed by atoms with Gasteiger partial charge in [-0.1, -0.05) is 50.6 Å². The van der Waals surface area contributed by atoms with Crippen LogP contribution >= 0.6 is 11.6 Å². The van der Waals surface area contributed by atoms with Crippen LogP contribution in [0.2, 0.25) is 5.02 Å². The normalized spacial score (nSPS) is 25.9. The zero-order valence-electron chi connectivity index (χ0n) is 17.1. The van der Waals surface area contributed by atoms with Gasteiger partial charge >= 0.3 is 0 Å². The summed E-state index contributed by atoms with van der Waals surface area (Å²) in [4.78, 5) is 28.3. The molecule has 3 atom stereocenters. The van der Waals surface area contributed by atoms with Crippen molar-refractivity contribution in [2.45, 2.75) is 39.7 Å². The SMILES string of the molecule is CC1C2CC(CN2C(=O)C(=Cc2ccc(Cl)cc2)n2ccccc2=O)CC1(C)C. The second-order valence-electron chi connectivity index (χ2n) is 9.10. The quantitative estimate of drug-likeness (QED) is 0.683. The van der Waals surface area contributed by atoms with Crippen molar-refractivity contribution in [2.75, 3.05) is 6.54 Å². The number of amides is 1. The number of fused-ring (bicyclic) bond motifs is 2. The number of carbonyl (C=O) groups is 1. The summed E-state index contributed by atoms with van der Waals surface area (Å²) >= 11 is 6.01. The summed E-state index contributed by atoms with van der Waals surface area (Å²) < 4.78 is 1.45. The highest BCUT2D eigenvalue weighted by atomic mass is 35.5. The van der Waals surface area contributed by atoms with E-state index in [1.165, 1.54) is 10.6 Å². The monoisotopic (exact) mass is 410 g/mol. The molecule has 0 N–H and O–H groups in total. The molecular formula is C24H27ClN2O2. The third-order valence-corrected chi connectivity index (χ3v) is 7.04. The largest absolute Gasteiger partial charge is 0.334 e. The van der Waals surface area contributed by atoms with E-state index in [2.05, 4.69) is 20.8 Å². The predicted octanol–water partition coefficient (Wildman–Crippen LogP) is 4.78. The van der Waals surface area contributed by atoms with E-state index in [4.69, 9.17) is 11.6 Å². The van der Waals surface area contributed by atoms with Crippen LogP contribution in [0.15, 0.2) is 53.5 Å². The van der Waals surface area contributed by atoms with Crippen molar-refractivity contribution < 1.29 is 4.79 Å². The van der Waals surface area contributed by atoms with Crippen LogP contribution in [0, 0.1) is 17.3 Å². The maximum absolute atomic E-state index is 13.7. The number of hydrogen-bond donors (Lipinski definition) is 0. The van der Waals surface area contributed by atoms with Crippen molar-refractivity contribution in [1.29, 1.82) is 0 Å². The molecule has 4 rings (SSSR count). The number of nitrogens with zero attached hydrogens (tertiary/aromatic N) is 2. The lowest BCUT2D eigenvalue weighted by Crippen LogP contribution is -2.45. The Bertz CT molecular complexity index is 1010. The lowest BCUT2D eigenvalue weighted by atomic mass is 9.65. The van der Waals surface area contributed by atoms with Crippen molar-refractivity contribution in [3.05, 3.63) is 69.6 Å². The first-order valence-corrected chi connectivity index (χ1v) is 10.6. The number of pyridine rings is 1. The van der Waals surface area contributed by atoms with Gasteiger partial charge in [-0.15, -0.1) is 0 Å². The Kier molecular flexibility index (Phi) is 5.16. The highest BCUT2D eigenvalue weighted by Crippen LogP contribution is 2.49. The molecule has 2 aromatic rings. The summed E-state index contributed by atoms with van der Waals surface area (Å²) in [5.41, 5.74) is 1.22. The average molecular weight is 411 g/mol. The fourth-order valence-electron chi connectivity index (χ4n) is 4.99. The van der Waals surface area contributed by atoms with Crippen molar-refractivity contribution in [1.82, 2.24) is 9.47 Å². The van der Waals surface area contributed by atoms with Gasteiger partial charge in [-0.3, -0.25) is 14.2 Å². The minimum absolute atomic E-state index is 0.0784. The molecule has 4 nitrogen and oxygen atoms in total. The molecule has 3 unspecified atom stereocenters. The molecule has 0 spiro atoms. The van der Waals surface area contributed by atoms with Gasteiger partial charge in [-0.05, 0) is 59.9 Å². The van der Waals surface area contributed by atoms with Crippen LogP contribution in [0.5, 0.6) is 0 Å². The summed E-state index contributed by atoms with van der Waals surface area (Å²) in [5, 5.41) is 0.635. The summed E-state index contributed by atoms with van der Waals surface area (Å²) in [5.74, 6) is 0.860. The Morgan fingerprint density at radius 1 is 1.17 bits per heavy atom. The van der Waals surface area contributed by atoms with Gasteiger partial charge in [-0.25, -0.2) is 0 Å². The van der Waals surface area contributed by atoms with E-state index in [1.54, 1.807) is 36.5 Å². The molecule has 1 amide bonds. The zero-order valence-corrected chi connectivity index (χ0v) is 17.9. The molecule has 5 heteroatoms. The molecule has 2 heterocycles. The third kappa shape index (κ3) is 3.78. The van der Waals surface area contributed by atoms with E-state index >= 15 is 0 Å². The van der Waals surface area contributed by atoms with Gasteiger partial charge in [0.15, 0.2) is 0 Å². The van der Waals surface area contributed by atoms with Gasteiger partial charge in [0.2, 0.25) is 0 Å². The molecule has 152 valence electrons. The Labute approximate surface area is 176 Å². The second kappa shape index (κ2) is 7.49. The smallest absolute Gasteiger partial charge is 0.271 e. The van der Waals surface area contributed by atoms with Gasteiger partial charge in [0.1, 0.15) is 5.70 Å². The molecular weight excluding hydrogens is 384 g/mol. The molecule has 2 fully saturated rings. The van der Waals surface area contributed by atoms with E-state index in [-0.39, 0.29) is 22.9 Å². The van der Waals surface area contributed by atoms with Crippen LogP contribution in [0.3, 0.4) is 0 Å². The lowest BCUT2D eigenvalue weighted by Gasteiger charge is -2.42. The van der Waals surface area contributed by atoms with E-state index in [0.717, 1.165) is 24.9 Å². The van der Waals surface area contributed by atoms with Crippen molar-refractivity contribution in [3.8, 4) is 0 Å². The van der Waals surface area contributed by atoms with E-state index in [0.29, 0.717) is 22.6 Å². The van der Waals surface area contributed by atoms with Crippen LogP contribution in [0.1, 0.15) is 39.2 Å². The predicted molar refractivity (Wildman–Crippen MR) is 117 cm³/mol. The molecule has 2 bridgehead atoms. The van der Waals surface area contributed by atoms with Gasteiger partial charge in [0.05, 0.1) is 0 Å². The molecule has 1 saturated heterocycles. The summed E-state index contributed by atoms with van der Waals surface area (Å²) in [6.07, 6.45) is 5.64. The fourth-order valence-corrected chi connectivity index (χ4v) is 5.11. The Morgan fingerprint density at radius 2 is 1.90 bits per heavy atom. The lowest BCUT2D eigenvalue weighted by molar-refractivity contribution is -0.127. The minimum Gasteiger partial charge on any atom is -0.334 e. The molecule has 1 saturated carbocycles. The Balaban J connectivity index is 1.76. The highest BCUT2D eigenvalue weighted by molar-refractivity contribution is 6.30. The summed E-state index contributed by atoms with van der Waals surface area (Å²) in [6.45, 7) is 7.62. The summed E-state index contributed by atoms with van der Waals surface area (Å²) in [7, 11) is 0. The summed E-state index contributed by atoms with van der Waals surface area (Å²) in [6, 6.07) is 12.5. The number of rotatable bonds is 3. The Hall–Kier alpha value is -2.33. The number of hydrogen-bond acceptors (Lipinski definition) is 2. The molecule has 1 aliphatic carbocycles. The van der Waals surface area contributed by atoms with Gasteiger partial charge in [0.25, 0.3) is 11.5 Å². The van der Waals surface area contributed by atoms with Crippen LogP contribution in [0.4, 0.5) is 0 Å². The molecule has 1 aromatic carbocycles. The van der Waals surface area contributed by atoms with E-state index in [1.807, 2.05) is 17.0 Å². The number of halogens is 1. The van der Waals surface area contributed by atoms with Crippen molar-refractivity contribution in [3.63, 3.8) is 0 Å². The van der Waals surface area contributed by atoms with Crippen LogP contribution < -0.4 is 5.56 Å².